The van der Waals surface area contributed by atoms with Crippen LogP contribution in [-0.2, 0) is 22.4 Å². The minimum absolute atomic E-state index is 0. The number of rotatable bonds is 0. The molecule has 1 radical (unpaired) electrons. The van der Waals surface area contributed by atoms with Crippen molar-refractivity contribution in [3.8, 4) is 0 Å². The van der Waals surface area contributed by atoms with Gasteiger partial charge in [0.05, 0.1) is 0 Å². The second-order valence-electron chi connectivity index (χ2n) is 6.46. The zero-order valence-electron chi connectivity index (χ0n) is 16.2. The second-order valence-corrected chi connectivity index (χ2v) is 6.46. The van der Waals surface area contributed by atoms with Crippen molar-refractivity contribution < 1.29 is 22.4 Å². The van der Waals surface area contributed by atoms with Gasteiger partial charge in [0, 0.05) is 22.4 Å². The van der Waals surface area contributed by atoms with Crippen LogP contribution in [0, 0.1) is 41.5 Å². The van der Waals surface area contributed by atoms with Crippen molar-refractivity contribution in [1.82, 2.24) is 0 Å². The van der Waals surface area contributed by atoms with Gasteiger partial charge in [-0.2, -0.15) is 0 Å². The molecule has 0 N–H and O–H groups in total. The molecule has 0 aliphatic carbocycles. The average molecular weight is 426 g/mol. The minimum Gasteiger partial charge on any atom is -0.0591 e. The maximum absolute atomic E-state index is 2.12. The predicted octanol–water partition coefficient (Wildman–Crippen LogP) is 6.91. The van der Waals surface area contributed by atoms with Gasteiger partial charge in [0.1, 0.15) is 0 Å². The van der Waals surface area contributed by atoms with Crippen molar-refractivity contribution >= 4 is 0 Å². The Bertz CT molecular complexity index is 526. The van der Waals surface area contributed by atoms with E-state index in [0.717, 1.165) is 0 Å². The molecule has 0 unspecified atom stereocenters. The quantitative estimate of drug-likeness (QED) is 0.343. The van der Waals surface area contributed by atoms with Gasteiger partial charge in [-0.3, -0.25) is 0 Å². The third kappa shape index (κ3) is 11.6. The average Bonchev–Trinajstić information content (AvgIpc) is 2.57. The SMILES string of the molecule is Cc1ccc(C)cc1.Cc1ccc(C)cc1.Cc1ccc(C)cc1.[Ag]. The van der Waals surface area contributed by atoms with Crippen molar-refractivity contribution in [3.05, 3.63) is 106 Å². The van der Waals surface area contributed by atoms with Gasteiger partial charge in [-0.05, 0) is 41.5 Å². The van der Waals surface area contributed by atoms with Crippen LogP contribution < -0.4 is 0 Å². The molecule has 0 atom stereocenters. The topological polar surface area (TPSA) is 0 Å². The number of aryl methyl sites for hydroxylation is 6. The van der Waals surface area contributed by atoms with Crippen LogP contribution in [0.1, 0.15) is 33.4 Å². The summed E-state index contributed by atoms with van der Waals surface area (Å²) in [4.78, 5) is 0. The molecule has 0 saturated carbocycles. The molecular formula is C24H30Ag. The minimum atomic E-state index is 0. The Balaban J connectivity index is 0.000000339. The summed E-state index contributed by atoms with van der Waals surface area (Å²) in [5.41, 5.74) is 7.98. The first kappa shape index (κ1) is 23.4. The molecule has 1 heteroatoms. The molecular weight excluding hydrogens is 396 g/mol. The Morgan fingerprint density at radius 1 is 0.280 bits per heavy atom. The third-order valence-electron chi connectivity index (χ3n) is 3.65. The fraction of sp³-hybridized carbons (Fsp3) is 0.250. The maximum atomic E-state index is 2.12. The Morgan fingerprint density at radius 3 is 0.440 bits per heavy atom. The summed E-state index contributed by atoms with van der Waals surface area (Å²) in [6.07, 6.45) is 0. The Kier molecular flexibility index (Phi) is 11.9. The van der Waals surface area contributed by atoms with Crippen molar-refractivity contribution in [1.29, 1.82) is 0 Å². The summed E-state index contributed by atoms with van der Waals surface area (Å²) in [6, 6.07) is 25.4. The molecule has 0 fully saturated rings. The van der Waals surface area contributed by atoms with Gasteiger partial charge >= 0.3 is 0 Å². The number of hydrogen-bond donors (Lipinski definition) is 0. The predicted molar refractivity (Wildman–Crippen MR) is 108 cm³/mol. The first-order valence-corrected chi connectivity index (χ1v) is 8.46. The summed E-state index contributed by atoms with van der Waals surface area (Å²) >= 11 is 0. The fourth-order valence-electron chi connectivity index (χ4n) is 1.91. The first-order chi connectivity index (χ1) is 11.4. The summed E-state index contributed by atoms with van der Waals surface area (Å²) < 4.78 is 0. The zero-order valence-corrected chi connectivity index (χ0v) is 17.7. The normalized spacial score (nSPS) is 8.88. The Hall–Kier alpha value is -1.60. The van der Waals surface area contributed by atoms with Crippen molar-refractivity contribution in [3.63, 3.8) is 0 Å². The molecule has 0 spiro atoms. The van der Waals surface area contributed by atoms with Crippen molar-refractivity contribution in [2.45, 2.75) is 41.5 Å². The van der Waals surface area contributed by atoms with E-state index in [4.69, 9.17) is 0 Å². The Labute approximate surface area is 169 Å². The van der Waals surface area contributed by atoms with Crippen molar-refractivity contribution in [2.24, 2.45) is 0 Å². The van der Waals surface area contributed by atoms with Crippen LogP contribution in [-0.4, -0.2) is 0 Å². The molecule has 0 amide bonds. The van der Waals surface area contributed by atoms with Crippen LogP contribution in [0.25, 0.3) is 0 Å². The standard InChI is InChI=1S/3C8H10.Ag/c3*1-7-3-5-8(2)6-4-7;/h3*3-6H,1-2H3;. The summed E-state index contributed by atoms with van der Waals surface area (Å²) in [7, 11) is 0. The molecule has 25 heavy (non-hydrogen) atoms. The zero-order chi connectivity index (χ0) is 17.9. The molecule has 3 aromatic carbocycles. The molecule has 0 nitrogen and oxygen atoms in total. The molecule has 0 aliphatic heterocycles. The molecule has 137 valence electrons. The van der Waals surface area contributed by atoms with Crippen LogP contribution in [0.5, 0.6) is 0 Å². The molecule has 0 saturated heterocycles. The largest absolute Gasteiger partial charge is 0.0591 e. The van der Waals surface area contributed by atoms with E-state index in [1.54, 1.807) is 0 Å². The molecule has 3 rings (SSSR count). The van der Waals surface area contributed by atoms with Crippen LogP contribution in [0.3, 0.4) is 0 Å². The molecule has 0 bridgehead atoms. The van der Waals surface area contributed by atoms with E-state index in [2.05, 4.69) is 114 Å². The van der Waals surface area contributed by atoms with Gasteiger partial charge in [-0.15, -0.1) is 0 Å². The fourth-order valence-corrected chi connectivity index (χ4v) is 1.91. The van der Waals surface area contributed by atoms with Gasteiger partial charge in [0.25, 0.3) is 0 Å². The first-order valence-electron chi connectivity index (χ1n) is 8.46. The van der Waals surface area contributed by atoms with Gasteiger partial charge in [0.2, 0.25) is 0 Å². The summed E-state index contributed by atoms with van der Waals surface area (Å²) in [5.74, 6) is 0. The van der Waals surface area contributed by atoms with E-state index >= 15 is 0 Å². The van der Waals surface area contributed by atoms with Crippen molar-refractivity contribution in [2.75, 3.05) is 0 Å². The second kappa shape index (κ2) is 12.7. The summed E-state index contributed by atoms with van der Waals surface area (Å²) in [5, 5.41) is 0. The van der Waals surface area contributed by atoms with Gasteiger partial charge in [-0.25, -0.2) is 0 Å². The smallest absolute Gasteiger partial charge is 0 e. The van der Waals surface area contributed by atoms with E-state index < -0.39 is 0 Å². The van der Waals surface area contributed by atoms with Gasteiger partial charge in [0.15, 0.2) is 0 Å². The molecule has 3 aromatic rings. The van der Waals surface area contributed by atoms with Crippen LogP contribution in [0.4, 0.5) is 0 Å². The number of hydrogen-bond acceptors (Lipinski definition) is 0. The third-order valence-corrected chi connectivity index (χ3v) is 3.65. The van der Waals surface area contributed by atoms with Gasteiger partial charge < -0.3 is 0 Å². The summed E-state index contributed by atoms with van der Waals surface area (Å²) in [6.45, 7) is 12.6. The maximum Gasteiger partial charge on any atom is 0 e. The van der Waals surface area contributed by atoms with E-state index in [1.807, 2.05) is 0 Å². The van der Waals surface area contributed by atoms with Gasteiger partial charge in [-0.1, -0.05) is 106 Å². The van der Waals surface area contributed by atoms with Crippen LogP contribution >= 0.6 is 0 Å². The van der Waals surface area contributed by atoms with E-state index in [9.17, 15) is 0 Å². The monoisotopic (exact) mass is 425 g/mol. The van der Waals surface area contributed by atoms with E-state index in [1.165, 1.54) is 33.4 Å². The number of benzene rings is 3. The molecule has 0 heterocycles. The van der Waals surface area contributed by atoms with Crippen LogP contribution in [0.15, 0.2) is 72.8 Å². The van der Waals surface area contributed by atoms with E-state index in [-0.39, 0.29) is 22.4 Å². The molecule has 0 aliphatic rings. The molecule has 0 aromatic heterocycles. The van der Waals surface area contributed by atoms with E-state index in [0.29, 0.717) is 0 Å². The van der Waals surface area contributed by atoms with Crippen LogP contribution in [0.2, 0.25) is 0 Å². The Morgan fingerprint density at radius 2 is 0.360 bits per heavy atom.